The monoisotopic (exact) mass is 494 g/mol. The largest absolute Gasteiger partial charge is 0.497 e. The number of methoxy groups -OCH3 is 2. The van der Waals surface area contributed by atoms with Crippen LogP contribution in [0.25, 0.3) is 0 Å². The first-order chi connectivity index (χ1) is 16.6. The molecule has 1 N–H and O–H groups in total. The first kappa shape index (κ1) is 23.7. The molecule has 7 nitrogen and oxygen atoms in total. The lowest BCUT2D eigenvalue weighted by molar-refractivity contribution is 0.102. The number of hydrogen-bond acceptors (Lipinski definition) is 6. The molecule has 4 rings (SSSR count). The molecular formula is C25H23ClN4O3S. The fourth-order valence-electron chi connectivity index (χ4n) is 3.29. The number of aryl methyl sites for hydroxylation is 2. The molecule has 0 aliphatic carbocycles. The van der Waals surface area contributed by atoms with Gasteiger partial charge < -0.3 is 14.8 Å². The summed E-state index contributed by atoms with van der Waals surface area (Å²) in [6, 6.07) is 22.7. The van der Waals surface area contributed by atoms with Crippen molar-refractivity contribution in [1.82, 2.24) is 14.8 Å². The van der Waals surface area contributed by atoms with Crippen LogP contribution >= 0.6 is 23.4 Å². The van der Waals surface area contributed by atoms with Crippen LogP contribution < -0.4 is 14.8 Å². The van der Waals surface area contributed by atoms with Crippen LogP contribution in [0.2, 0.25) is 5.28 Å². The number of nitrogens with zero attached hydrogens (tertiary/aromatic N) is 3. The summed E-state index contributed by atoms with van der Waals surface area (Å²) in [5.41, 5.74) is 2.27. The molecule has 9 heteroatoms. The van der Waals surface area contributed by atoms with E-state index in [-0.39, 0.29) is 11.2 Å². The topological polar surface area (TPSA) is 78.3 Å². The Kier molecular flexibility index (Phi) is 7.72. The highest BCUT2D eigenvalue weighted by Crippen LogP contribution is 2.33. The van der Waals surface area contributed by atoms with Crippen molar-refractivity contribution in [3.63, 3.8) is 0 Å². The molecule has 0 spiro atoms. The molecule has 3 aromatic carbocycles. The van der Waals surface area contributed by atoms with Gasteiger partial charge in [0, 0.05) is 23.1 Å². The van der Waals surface area contributed by atoms with Gasteiger partial charge >= 0.3 is 0 Å². The van der Waals surface area contributed by atoms with Crippen LogP contribution in [0.1, 0.15) is 15.9 Å². The average Bonchev–Trinajstić information content (AvgIpc) is 3.22. The van der Waals surface area contributed by atoms with Crippen molar-refractivity contribution in [2.75, 3.05) is 19.5 Å². The lowest BCUT2D eigenvalue weighted by Gasteiger charge is -2.12. The summed E-state index contributed by atoms with van der Waals surface area (Å²) >= 11 is 7.52. The van der Waals surface area contributed by atoms with Gasteiger partial charge in [-0.3, -0.25) is 4.79 Å². The number of aromatic nitrogens is 3. The van der Waals surface area contributed by atoms with Crippen molar-refractivity contribution in [3.05, 3.63) is 89.2 Å². The average molecular weight is 495 g/mol. The molecule has 4 aromatic rings. The van der Waals surface area contributed by atoms with E-state index in [0.29, 0.717) is 34.5 Å². The third-order valence-corrected chi connectivity index (χ3v) is 6.24. The molecule has 0 unspecified atom stereocenters. The third kappa shape index (κ3) is 5.89. The number of nitrogens with one attached hydrogen (secondary N) is 1. The van der Waals surface area contributed by atoms with Gasteiger partial charge in [-0.1, -0.05) is 42.5 Å². The summed E-state index contributed by atoms with van der Waals surface area (Å²) in [6.45, 7) is 0.629. The number of halogens is 1. The number of carbonyl (C=O) groups excluding carboxylic acids is 1. The van der Waals surface area contributed by atoms with E-state index in [2.05, 4.69) is 27.5 Å². The molecule has 0 atom stereocenters. The van der Waals surface area contributed by atoms with Crippen LogP contribution in [-0.2, 0) is 13.0 Å². The number of carbonyl (C=O) groups is 1. The summed E-state index contributed by atoms with van der Waals surface area (Å²) in [4.78, 5) is 18.2. The molecule has 0 bridgehead atoms. The lowest BCUT2D eigenvalue weighted by atomic mass is 10.2. The highest BCUT2D eigenvalue weighted by molar-refractivity contribution is 7.99. The Morgan fingerprint density at radius 2 is 1.68 bits per heavy atom. The van der Waals surface area contributed by atoms with E-state index in [9.17, 15) is 4.79 Å². The molecule has 0 radical (unpaired) electrons. The molecule has 34 heavy (non-hydrogen) atoms. The number of anilines is 1. The van der Waals surface area contributed by atoms with Crippen molar-refractivity contribution in [1.29, 1.82) is 0 Å². The van der Waals surface area contributed by atoms with Crippen LogP contribution in [0, 0.1) is 0 Å². The predicted molar refractivity (Wildman–Crippen MR) is 133 cm³/mol. The van der Waals surface area contributed by atoms with Crippen LogP contribution in [0.4, 0.5) is 5.69 Å². The number of para-hydroxylation sites is 1. The Bertz CT molecular complexity index is 1260. The van der Waals surface area contributed by atoms with E-state index in [0.717, 1.165) is 11.3 Å². The Morgan fingerprint density at radius 3 is 2.38 bits per heavy atom. The quantitative estimate of drug-likeness (QED) is 0.326. The fraction of sp³-hybridized carbons (Fsp3) is 0.160. The van der Waals surface area contributed by atoms with Gasteiger partial charge in [0.05, 0.1) is 19.9 Å². The van der Waals surface area contributed by atoms with Gasteiger partial charge in [0.15, 0.2) is 5.16 Å². The normalized spacial score (nSPS) is 10.7. The molecule has 174 valence electrons. The number of amides is 1. The standard InChI is InChI=1S/C25H23ClN4O3S/c1-32-19-14-18(15-20(16-19)33-2)23(31)27-21-10-6-7-11-22(21)34-25-28-24(26)29-30(25)13-12-17-8-4-3-5-9-17/h3-11,14-16H,12-13H2,1-2H3,(H,27,31). The van der Waals surface area contributed by atoms with Crippen molar-refractivity contribution in [2.24, 2.45) is 0 Å². The van der Waals surface area contributed by atoms with Gasteiger partial charge in [-0.25, -0.2) is 4.68 Å². The van der Waals surface area contributed by atoms with Gasteiger partial charge in [-0.15, -0.1) is 5.10 Å². The van der Waals surface area contributed by atoms with Crippen molar-refractivity contribution in [2.45, 2.75) is 23.0 Å². The molecular weight excluding hydrogens is 472 g/mol. The van der Waals surface area contributed by atoms with Crippen molar-refractivity contribution >= 4 is 35.0 Å². The van der Waals surface area contributed by atoms with E-state index >= 15 is 0 Å². The molecule has 0 aliphatic heterocycles. The second kappa shape index (κ2) is 11.1. The zero-order valence-electron chi connectivity index (χ0n) is 18.7. The SMILES string of the molecule is COc1cc(OC)cc(C(=O)Nc2ccccc2Sc2nc(Cl)nn2CCc2ccccc2)c1. The summed E-state index contributed by atoms with van der Waals surface area (Å²) in [5, 5.41) is 8.13. The molecule has 1 amide bonds. The van der Waals surface area contributed by atoms with E-state index in [1.54, 1.807) is 37.1 Å². The van der Waals surface area contributed by atoms with Crippen molar-refractivity contribution in [3.8, 4) is 11.5 Å². The molecule has 0 fully saturated rings. The number of ether oxygens (including phenoxy) is 2. The molecule has 1 aromatic heterocycles. The van der Waals surface area contributed by atoms with Gasteiger partial charge in [0.1, 0.15) is 11.5 Å². The second-order valence-electron chi connectivity index (χ2n) is 7.28. The van der Waals surface area contributed by atoms with Gasteiger partial charge in [0.25, 0.3) is 5.91 Å². The zero-order valence-corrected chi connectivity index (χ0v) is 20.3. The first-order valence-electron chi connectivity index (χ1n) is 10.5. The van der Waals surface area contributed by atoms with Gasteiger partial charge in [0.2, 0.25) is 5.28 Å². The Labute approximate surface area is 207 Å². The van der Waals surface area contributed by atoms with Crippen LogP contribution in [-0.4, -0.2) is 34.9 Å². The maximum atomic E-state index is 13.0. The highest BCUT2D eigenvalue weighted by Gasteiger charge is 2.16. The summed E-state index contributed by atoms with van der Waals surface area (Å²) < 4.78 is 12.3. The van der Waals surface area contributed by atoms with Crippen LogP contribution in [0.15, 0.2) is 82.8 Å². The molecule has 0 saturated carbocycles. The summed E-state index contributed by atoms with van der Waals surface area (Å²) in [5.74, 6) is 0.787. The van der Waals surface area contributed by atoms with E-state index in [1.165, 1.54) is 17.3 Å². The number of rotatable bonds is 9. The molecule has 1 heterocycles. The lowest BCUT2D eigenvalue weighted by Crippen LogP contribution is -2.13. The summed E-state index contributed by atoms with van der Waals surface area (Å²) in [6.07, 6.45) is 0.796. The Balaban J connectivity index is 1.53. The first-order valence-corrected chi connectivity index (χ1v) is 11.7. The minimum absolute atomic E-state index is 0.181. The number of benzene rings is 3. The van der Waals surface area contributed by atoms with Crippen molar-refractivity contribution < 1.29 is 14.3 Å². The smallest absolute Gasteiger partial charge is 0.255 e. The minimum atomic E-state index is -0.283. The van der Waals surface area contributed by atoms with Crippen LogP contribution in [0.3, 0.4) is 0 Å². The maximum absolute atomic E-state index is 13.0. The number of hydrogen-bond donors (Lipinski definition) is 1. The Morgan fingerprint density at radius 1 is 1.00 bits per heavy atom. The molecule has 0 aliphatic rings. The van der Waals surface area contributed by atoms with E-state index in [4.69, 9.17) is 21.1 Å². The minimum Gasteiger partial charge on any atom is -0.497 e. The summed E-state index contributed by atoms with van der Waals surface area (Å²) in [7, 11) is 3.09. The van der Waals surface area contributed by atoms with Crippen LogP contribution in [0.5, 0.6) is 11.5 Å². The van der Waals surface area contributed by atoms with Gasteiger partial charge in [-0.05, 0) is 59.6 Å². The fourth-order valence-corrected chi connectivity index (χ4v) is 4.46. The van der Waals surface area contributed by atoms with Gasteiger partial charge in [-0.2, -0.15) is 4.98 Å². The zero-order chi connectivity index (χ0) is 23.9. The third-order valence-electron chi connectivity index (χ3n) is 5.02. The predicted octanol–water partition coefficient (Wildman–Crippen LogP) is 5.59. The second-order valence-corrected chi connectivity index (χ2v) is 8.62. The van der Waals surface area contributed by atoms with E-state index in [1.807, 2.05) is 42.5 Å². The Hall–Kier alpha value is -3.49. The highest BCUT2D eigenvalue weighted by atomic mass is 35.5. The molecule has 0 saturated heterocycles. The maximum Gasteiger partial charge on any atom is 0.255 e. The van der Waals surface area contributed by atoms with E-state index < -0.39 is 0 Å².